The molecule has 0 spiro atoms. The summed E-state index contributed by atoms with van der Waals surface area (Å²) in [4.78, 5) is 0.982. The first-order valence-electron chi connectivity index (χ1n) is 6.99. The topological polar surface area (TPSA) is 83.6 Å². The summed E-state index contributed by atoms with van der Waals surface area (Å²) in [7, 11) is -1.60. The van der Waals surface area contributed by atoms with Crippen LogP contribution >= 0.6 is 11.8 Å². The average molecular weight is 332 g/mol. The van der Waals surface area contributed by atoms with E-state index in [1.54, 1.807) is 13.1 Å². The molecule has 120 valence electrons. The van der Waals surface area contributed by atoms with E-state index in [4.69, 9.17) is 10.8 Å². The van der Waals surface area contributed by atoms with E-state index < -0.39 is 10.0 Å². The number of unbranched alkanes of at least 4 members (excludes halogenated alkanes) is 2. The highest BCUT2D eigenvalue weighted by Gasteiger charge is 2.16. The molecule has 0 unspecified atom stereocenters. The largest absolute Gasteiger partial charge is 0.399 e. The van der Waals surface area contributed by atoms with Crippen molar-refractivity contribution in [3.8, 4) is 0 Å². The molecule has 0 bridgehead atoms. The number of nitrogen functional groups attached to an aromatic ring is 1. The Morgan fingerprint density at radius 1 is 1.29 bits per heavy atom. The number of benzene rings is 1. The Hall–Kier alpha value is -0.760. The molecular formula is C14H24N2O3S2. The molecule has 0 aromatic heterocycles. The summed E-state index contributed by atoms with van der Waals surface area (Å²) >= 11 is 1.49. The van der Waals surface area contributed by atoms with E-state index in [2.05, 4.69) is 0 Å². The summed E-state index contributed by atoms with van der Waals surface area (Å²) in [5, 5.41) is 8.69. The maximum Gasteiger partial charge on any atom is 0.214 e. The molecule has 0 saturated heterocycles. The summed E-state index contributed by atoms with van der Waals surface area (Å²) in [5.74, 6) is 0.621. The zero-order valence-corrected chi connectivity index (χ0v) is 14.0. The van der Waals surface area contributed by atoms with Crippen LogP contribution in [0.3, 0.4) is 0 Å². The zero-order chi connectivity index (χ0) is 15.7. The van der Waals surface area contributed by atoms with Gasteiger partial charge in [-0.2, -0.15) is 0 Å². The van der Waals surface area contributed by atoms with Gasteiger partial charge in [-0.25, -0.2) is 12.7 Å². The van der Waals surface area contributed by atoms with Crippen molar-refractivity contribution in [3.05, 3.63) is 24.3 Å². The number of aliphatic hydroxyl groups excluding tert-OH is 1. The smallest absolute Gasteiger partial charge is 0.214 e. The lowest BCUT2D eigenvalue weighted by molar-refractivity contribution is 0.281. The number of hydrogen-bond acceptors (Lipinski definition) is 5. The van der Waals surface area contributed by atoms with Crippen LogP contribution in [0.5, 0.6) is 0 Å². The molecule has 0 atom stereocenters. The average Bonchev–Trinajstić information content (AvgIpc) is 2.43. The van der Waals surface area contributed by atoms with E-state index in [1.165, 1.54) is 16.1 Å². The molecule has 21 heavy (non-hydrogen) atoms. The highest BCUT2D eigenvalue weighted by molar-refractivity contribution is 8.00. The van der Waals surface area contributed by atoms with Crippen LogP contribution in [0.4, 0.5) is 5.69 Å². The zero-order valence-electron chi connectivity index (χ0n) is 12.4. The van der Waals surface area contributed by atoms with Gasteiger partial charge in [0, 0.05) is 36.5 Å². The summed E-state index contributed by atoms with van der Waals surface area (Å²) in [6.45, 7) is 0.665. The standard InChI is InChI=1S/C14H24N2O3S2/c1-16(8-3-2-4-9-17)21(18,19)11-10-20-14-7-5-6-13(15)12-14/h5-7,12,17H,2-4,8-11,15H2,1H3. The van der Waals surface area contributed by atoms with Crippen molar-refractivity contribution >= 4 is 27.5 Å². The number of nitrogens with zero attached hydrogens (tertiary/aromatic N) is 1. The predicted molar refractivity (Wildman–Crippen MR) is 88.9 cm³/mol. The lowest BCUT2D eigenvalue weighted by Crippen LogP contribution is -2.31. The third-order valence-electron chi connectivity index (χ3n) is 3.07. The van der Waals surface area contributed by atoms with Crippen molar-refractivity contribution in [2.75, 3.05) is 37.4 Å². The van der Waals surface area contributed by atoms with E-state index >= 15 is 0 Å². The molecule has 0 radical (unpaired) electrons. The number of hydrogen-bond donors (Lipinski definition) is 2. The van der Waals surface area contributed by atoms with Gasteiger partial charge in [0.2, 0.25) is 10.0 Å². The SMILES string of the molecule is CN(CCCCCO)S(=O)(=O)CCSc1cccc(N)c1. The van der Waals surface area contributed by atoms with Gasteiger partial charge in [-0.3, -0.25) is 0 Å². The minimum atomic E-state index is -3.21. The number of aliphatic hydroxyl groups is 1. The first-order valence-corrected chi connectivity index (χ1v) is 9.58. The van der Waals surface area contributed by atoms with Gasteiger partial charge in [0.15, 0.2) is 0 Å². The van der Waals surface area contributed by atoms with Crippen LogP contribution in [0.15, 0.2) is 29.2 Å². The third kappa shape index (κ3) is 7.17. The van der Waals surface area contributed by atoms with E-state index in [0.717, 1.165) is 24.2 Å². The fourth-order valence-electron chi connectivity index (χ4n) is 1.79. The molecule has 1 rings (SSSR count). The lowest BCUT2D eigenvalue weighted by atomic mass is 10.2. The maximum absolute atomic E-state index is 12.1. The van der Waals surface area contributed by atoms with Gasteiger partial charge in [0.25, 0.3) is 0 Å². The van der Waals surface area contributed by atoms with Gasteiger partial charge < -0.3 is 10.8 Å². The Kier molecular flexibility index (Phi) is 8.10. The molecule has 0 aliphatic heterocycles. The lowest BCUT2D eigenvalue weighted by Gasteiger charge is -2.16. The van der Waals surface area contributed by atoms with Crippen LogP contribution in [0.2, 0.25) is 0 Å². The molecule has 7 heteroatoms. The minimum Gasteiger partial charge on any atom is -0.399 e. The van der Waals surface area contributed by atoms with Gasteiger partial charge in [0.1, 0.15) is 0 Å². The molecular weight excluding hydrogens is 308 g/mol. The predicted octanol–water partition coefficient (Wildman–Crippen LogP) is 1.79. The van der Waals surface area contributed by atoms with Crippen molar-refractivity contribution in [2.24, 2.45) is 0 Å². The number of thioether (sulfide) groups is 1. The first kappa shape index (κ1) is 18.3. The molecule has 5 nitrogen and oxygen atoms in total. The fraction of sp³-hybridized carbons (Fsp3) is 0.571. The Labute approximate surface area is 131 Å². The van der Waals surface area contributed by atoms with E-state index in [9.17, 15) is 8.42 Å². The second-order valence-corrected chi connectivity index (χ2v) is 8.21. The monoisotopic (exact) mass is 332 g/mol. The molecule has 0 fully saturated rings. The second kappa shape index (κ2) is 9.30. The summed E-state index contributed by atoms with van der Waals surface area (Å²) in [6, 6.07) is 7.43. The molecule has 0 aliphatic carbocycles. The molecule has 0 heterocycles. The van der Waals surface area contributed by atoms with Crippen LogP contribution in [-0.2, 0) is 10.0 Å². The van der Waals surface area contributed by atoms with Crippen molar-refractivity contribution in [3.63, 3.8) is 0 Å². The summed E-state index contributed by atoms with van der Waals surface area (Å²) in [5.41, 5.74) is 6.37. The Morgan fingerprint density at radius 3 is 2.71 bits per heavy atom. The maximum atomic E-state index is 12.1. The van der Waals surface area contributed by atoms with Crippen molar-refractivity contribution in [1.29, 1.82) is 0 Å². The fourth-order valence-corrected chi connectivity index (χ4v) is 4.31. The molecule has 0 saturated carbocycles. The van der Waals surface area contributed by atoms with E-state index in [0.29, 0.717) is 18.0 Å². The first-order chi connectivity index (χ1) is 9.95. The third-order valence-corrected chi connectivity index (χ3v) is 6.18. The van der Waals surface area contributed by atoms with Crippen LogP contribution in [0.1, 0.15) is 19.3 Å². The van der Waals surface area contributed by atoms with E-state index in [1.807, 2.05) is 18.2 Å². The molecule has 3 N–H and O–H groups in total. The highest BCUT2D eigenvalue weighted by Crippen LogP contribution is 2.20. The minimum absolute atomic E-state index is 0.114. The Bertz CT molecular complexity index is 521. The van der Waals surface area contributed by atoms with Crippen molar-refractivity contribution in [2.45, 2.75) is 24.2 Å². The van der Waals surface area contributed by atoms with Gasteiger partial charge >= 0.3 is 0 Å². The highest BCUT2D eigenvalue weighted by atomic mass is 32.2. The van der Waals surface area contributed by atoms with Crippen molar-refractivity contribution < 1.29 is 13.5 Å². The summed E-state index contributed by atoms with van der Waals surface area (Å²) < 4.78 is 25.6. The normalized spacial score (nSPS) is 12.0. The molecule has 0 aliphatic rings. The van der Waals surface area contributed by atoms with Gasteiger partial charge in [-0.05, 0) is 37.5 Å². The van der Waals surface area contributed by atoms with Gasteiger partial charge in [0.05, 0.1) is 5.75 Å². The molecule has 0 amide bonds. The number of rotatable bonds is 10. The van der Waals surface area contributed by atoms with Crippen LogP contribution in [0, 0.1) is 0 Å². The van der Waals surface area contributed by atoms with Crippen LogP contribution < -0.4 is 5.73 Å². The Morgan fingerprint density at radius 2 is 2.05 bits per heavy atom. The molecule has 1 aromatic rings. The molecule has 1 aromatic carbocycles. The van der Waals surface area contributed by atoms with Crippen LogP contribution in [0.25, 0.3) is 0 Å². The quantitative estimate of drug-likeness (QED) is 0.388. The van der Waals surface area contributed by atoms with E-state index in [-0.39, 0.29) is 12.4 Å². The van der Waals surface area contributed by atoms with Gasteiger partial charge in [-0.15, -0.1) is 11.8 Å². The van der Waals surface area contributed by atoms with Crippen LogP contribution in [-0.4, -0.2) is 49.5 Å². The number of sulfonamides is 1. The van der Waals surface area contributed by atoms with Crippen molar-refractivity contribution in [1.82, 2.24) is 4.31 Å². The number of anilines is 1. The number of nitrogens with two attached hydrogens (primary N) is 1. The second-order valence-electron chi connectivity index (χ2n) is 4.84. The Balaban J connectivity index is 2.35. The van der Waals surface area contributed by atoms with Gasteiger partial charge in [-0.1, -0.05) is 6.07 Å². The summed E-state index contributed by atoms with van der Waals surface area (Å²) in [6.07, 6.45) is 2.34.